The second kappa shape index (κ2) is 8.15. The number of methoxy groups -OCH3 is 1. The highest BCUT2D eigenvalue weighted by atomic mass is 127. The molecule has 0 saturated carbocycles. The van der Waals surface area contributed by atoms with Crippen LogP contribution in [0.25, 0.3) is 0 Å². The third kappa shape index (κ3) is 4.59. The van der Waals surface area contributed by atoms with E-state index in [2.05, 4.69) is 79.7 Å². The number of aromatic amines is 1. The summed E-state index contributed by atoms with van der Waals surface area (Å²) in [5.41, 5.74) is 3.38. The molecule has 0 bridgehead atoms. The zero-order valence-corrected chi connectivity index (χ0v) is 16.1. The second-order valence-electron chi connectivity index (χ2n) is 5.47. The molecule has 130 valence electrons. The number of nitrogens with one attached hydrogen (secondary N) is 2. The first-order valence-corrected chi connectivity index (χ1v) is 8.75. The lowest BCUT2D eigenvalue weighted by atomic mass is 10.1. The van der Waals surface area contributed by atoms with Gasteiger partial charge < -0.3 is 14.8 Å². The molecule has 1 heterocycles. The van der Waals surface area contributed by atoms with E-state index in [4.69, 9.17) is 9.47 Å². The highest BCUT2D eigenvalue weighted by molar-refractivity contribution is 14.1. The number of aryl methyl sites for hydroxylation is 1. The zero-order chi connectivity index (χ0) is 17.6. The standard InChI is InChI=1S/C17H18IN5O2/c1-11-3-5-12(6-4-11)10-25-16-14(18)7-13(8-15(16)24-2)9-19-17-20-22-23-21-17/h3-8H,9-10H2,1-2H3,(H2,19,20,21,22,23). The summed E-state index contributed by atoms with van der Waals surface area (Å²) in [6.45, 7) is 3.12. The molecule has 1 aromatic heterocycles. The average molecular weight is 451 g/mol. The van der Waals surface area contributed by atoms with E-state index in [1.165, 1.54) is 5.56 Å². The summed E-state index contributed by atoms with van der Waals surface area (Å²) < 4.78 is 12.5. The van der Waals surface area contributed by atoms with Gasteiger partial charge in [0.15, 0.2) is 11.5 Å². The third-order valence-electron chi connectivity index (χ3n) is 3.59. The summed E-state index contributed by atoms with van der Waals surface area (Å²) in [6, 6.07) is 12.3. The SMILES string of the molecule is COc1cc(CNc2nn[nH]n2)cc(I)c1OCc1ccc(C)cc1. The van der Waals surface area contributed by atoms with Crippen LogP contribution < -0.4 is 14.8 Å². The number of anilines is 1. The minimum atomic E-state index is 0.452. The first kappa shape index (κ1) is 17.5. The molecule has 2 aromatic carbocycles. The van der Waals surface area contributed by atoms with Crippen molar-refractivity contribution in [2.75, 3.05) is 12.4 Å². The van der Waals surface area contributed by atoms with Gasteiger partial charge in [0.1, 0.15) is 6.61 Å². The van der Waals surface area contributed by atoms with E-state index < -0.39 is 0 Å². The van der Waals surface area contributed by atoms with Gasteiger partial charge >= 0.3 is 0 Å². The Morgan fingerprint density at radius 1 is 1.16 bits per heavy atom. The van der Waals surface area contributed by atoms with Crippen molar-refractivity contribution in [3.63, 3.8) is 0 Å². The number of nitrogens with zero attached hydrogens (tertiary/aromatic N) is 3. The molecule has 0 spiro atoms. The normalized spacial score (nSPS) is 10.5. The van der Waals surface area contributed by atoms with Crippen LogP contribution in [0.3, 0.4) is 0 Å². The number of hydrogen-bond acceptors (Lipinski definition) is 6. The number of ether oxygens (including phenoxy) is 2. The molecule has 0 aliphatic rings. The van der Waals surface area contributed by atoms with Crippen LogP contribution in [0.4, 0.5) is 5.95 Å². The molecule has 7 nitrogen and oxygen atoms in total. The molecule has 3 rings (SSSR count). The molecule has 3 aromatic rings. The molecule has 0 aliphatic carbocycles. The number of tetrazole rings is 1. The Kier molecular flexibility index (Phi) is 5.69. The Labute approximate surface area is 159 Å². The Morgan fingerprint density at radius 3 is 2.64 bits per heavy atom. The van der Waals surface area contributed by atoms with Crippen molar-refractivity contribution < 1.29 is 9.47 Å². The van der Waals surface area contributed by atoms with Crippen LogP contribution in [0.5, 0.6) is 11.5 Å². The predicted molar refractivity (Wildman–Crippen MR) is 103 cm³/mol. The van der Waals surface area contributed by atoms with Crippen LogP contribution >= 0.6 is 22.6 Å². The lowest BCUT2D eigenvalue weighted by Gasteiger charge is -2.15. The number of benzene rings is 2. The van der Waals surface area contributed by atoms with Crippen LogP contribution in [-0.4, -0.2) is 27.7 Å². The van der Waals surface area contributed by atoms with E-state index in [9.17, 15) is 0 Å². The maximum atomic E-state index is 6.00. The van der Waals surface area contributed by atoms with Gasteiger partial charge in [0.05, 0.1) is 10.7 Å². The monoisotopic (exact) mass is 451 g/mol. The Morgan fingerprint density at radius 2 is 1.96 bits per heavy atom. The average Bonchev–Trinajstić information content (AvgIpc) is 3.13. The highest BCUT2D eigenvalue weighted by Crippen LogP contribution is 2.34. The van der Waals surface area contributed by atoms with Crippen molar-refractivity contribution in [1.29, 1.82) is 0 Å². The van der Waals surface area contributed by atoms with Gasteiger partial charge in [-0.3, -0.25) is 0 Å². The van der Waals surface area contributed by atoms with Crippen molar-refractivity contribution in [2.24, 2.45) is 0 Å². The van der Waals surface area contributed by atoms with Crippen molar-refractivity contribution in [3.8, 4) is 11.5 Å². The zero-order valence-electron chi connectivity index (χ0n) is 13.9. The highest BCUT2D eigenvalue weighted by Gasteiger charge is 2.12. The lowest BCUT2D eigenvalue weighted by molar-refractivity contribution is 0.282. The maximum Gasteiger partial charge on any atom is 0.263 e. The van der Waals surface area contributed by atoms with Crippen LogP contribution in [0, 0.1) is 10.5 Å². The van der Waals surface area contributed by atoms with E-state index in [-0.39, 0.29) is 0 Å². The Hall–Kier alpha value is -2.36. The fourth-order valence-electron chi connectivity index (χ4n) is 2.27. The molecule has 0 atom stereocenters. The second-order valence-corrected chi connectivity index (χ2v) is 6.63. The lowest BCUT2D eigenvalue weighted by Crippen LogP contribution is -2.04. The van der Waals surface area contributed by atoms with E-state index in [0.717, 1.165) is 20.4 Å². The van der Waals surface area contributed by atoms with E-state index >= 15 is 0 Å². The van der Waals surface area contributed by atoms with Gasteiger partial charge in [0.2, 0.25) is 0 Å². The van der Waals surface area contributed by atoms with Gasteiger partial charge in [-0.1, -0.05) is 34.9 Å². The van der Waals surface area contributed by atoms with E-state index in [1.807, 2.05) is 12.1 Å². The van der Waals surface area contributed by atoms with Crippen molar-refractivity contribution in [2.45, 2.75) is 20.1 Å². The molecule has 0 saturated heterocycles. The van der Waals surface area contributed by atoms with Gasteiger partial charge in [0.25, 0.3) is 5.95 Å². The predicted octanol–water partition coefficient (Wildman–Crippen LogP) is 3.31. The number of H-pyrrole nitrogens is 1. The van der Waals surface area contributed by atoms with E-state index in [0.29, 0.717) is 24.8 Å². The summed E-state index contributed by atoms with van der Waals surface area (Å²) >= 11 is 2.25. The fourth-order valence-corrected chi connectivity index (χ4v) is 3.09. The van der Waals surface area contributed by atoms with Crippen LogP contribution in [0.15, 0.2) is 36.4 Å². The summed E-state index contributed by atoms with van der Waals surface area (Å²) in [5.74, 6) is 1.89. The molecular weight excluding hydrogens is 433 g/mol. The van der Waals surface area contributed by atoms with Crippen molar-refractivity contribution in [1.82, 2.24) is 20.6 Å². The topological polar surface area (TPSA) is 85.0 Å². The van der Waals surface area contributed by atoms with E-state index in [1.54, 1.807) is 7.11 Å². The summed E-state index contributed by atoms with van der Waals surface area (Å²) in [7, 11) is 1.64. The molecule has 8 heteroatoms. The van der Waals surface area contributed by atoms with Crippen LogP contribution in [0.1, 0.15) is 16.7 Å². The number of aromatic nitrogens is 4. The fraction of sp³-hybridized carbons (Fsp3) is 0.235. The van der Waals surface area contributed by atoms with Crippen LogP contribution in [-0.2, 0) is 13.2 Å². The third-order valence-corrected chi connectivity index (χ3v) is 4.39. The summed E-state index contributed by atoms with van der Waals surface area (Å²) in [6.07, 6.45) is 0. The molecule has 0 aliphatic heterocycles. The Bertz CT molecular complexity index is 822. The van der Waals surface area contributed by atoms with Gasteiger partial charge in [-0.25, -0.2) is 0 Å². The Balaban J connectivity index is 1.71. The smallest absolute Gasteiger partial charge is 0.263 e. The van der Waals surface area contributed by atoms with Crippen molar-refractivity contribution >= 4 is 28.5 Å². The van der Waals surface area contributed by atoms with Gasteiger partial charge in [-0.05, 0) is 58.0 Å². The summed E-state index contributed by atoms with van der Waals surface area (Å²) in [5, 5.41) is 16.7. The first-order valence-electron chi connectivity index (χ1n) is 7.68. The van der Waals surface area contributed by atoms with Crippen molar-refractivity contribution in [3.05, 3.63) is 56.7 Å². The summed E-state index contributed by atoms with van der Waals surface area (Å²) in [4.78, 5) is 0. The number of hydrogen-bond donors (Lipinski definition) is 2. The number of halogens is 1. The van der Waals surface area contributed by atoms with Crippen LogP contribution in [0.2, 0.25) is 0 Å². The van der Waals surface area contributed by atoms with Gasteiger partial charge in [-0.2, -0.15) is 5.21 Å². The quantitative estimate of drug-likeness (QED) is 0.537. The molecule has 0 radical (unpaired) electrons. The maximum absolute atomic E-state index is 6.00. The molecule has 0 fully saturated rings. The minimum absolute atomic E-state index is 0.452. The first-order chi connectivity index (χ1) is 12.2. The van der Waals surface area contributed by atoms with Gasteiger partial charge in [-0.15, -0.1) is 5.10 Å². The molecule has 0 unspecified atom stereocenters. The molecular formula is C17H18IN5O2. The number of rotatable bonds is 7. The van der Waals surface area contributed by atoms with Gasteiger partial charge in [0, 0.05) is 6.54 Å². The minimum Gasteiger partial charge on any atom is -0.493 e. The molecule has 0 amide bonds. The molecule has 2 N–H and O–H groups in total. The largest absolute Gasteiger partial charge is 0.493 e. The molecule has 25 heavy (non-hydrogen) atoms.